The average molecular weight is 170 g/mol. The summed E-state index contributed by atoms with van der Waals surface area (Å²) in [5.74, 6) is 0. The molecule has 0 saturated heterocycles. The molecule has 0 fully saturated rings. The van der Waals surface area contributed by atoms with Crippen LogP contribution in [0.3, 0.4) is 0 Å². The van der Waals surface area contributed by atoms with Crippen LogP contribution in [0.25, 0.3) is 6.08 Å². The van der Waals surface area contributed by atoms with Gasteiger partial charge in [0.15, 0.2) is 0 Å². The lowest BCUT2D eigenvalue weighted by atomic mass is 10.1. The molecule has 0 aliphatic carbocycles. The van der Waals surface area contributed by atoms with Gasteiger partial charge in [0.05, 0.1) is 0 Å². The molecular formula is C13H14. The molecule has 0 aromatic heterocycles. The van der Waals surface area contributed by atoms with Crippen molar-refractivity contribution in [2.24, 2.45) is 0 Å². The van der Waals surface area contributed by atoms with Gasteiger partial charge in [0.25, 0.3) is 0 Å². The molecule has 0 bridgehead atoms. The maximum atomic E-state index is 3.60. The molecule has 0 aliphatic heterocycles. The maximum Gasteiger partial charge on any atom is -0.0256 e. The number of hydrogen-bond acceptors (Lipinski definition) is 0. The van der Waals surface area contributed by atoms with Gasteiger partial charge in [-0.25, -0.2) is 0 Å². The highest BCUT2D eigenvalue weighted by Crippen LogP contribution is 2.04. The molecular weight excluding hydrogens is 156 g/mol. The van der Waals surface area contributed by atoms with E-state index in [1.165, 1.54) is 11.1 Å². The van der Waals surface area contributed by atoms with E-state index in [2.05, 4.69) is 43.8 Å². The highest BCUT2D eigenvalue weighted by atomic mass is 13.9. The minimum Gasteiger partial charge on any atom is -0.0991 e. The predicted molar refractivity (Wildman–Crippen MR) is 59.6 cm³/mol. The highest BCUT2D eigenvalue weighted by molar-refractivity contribution is 5.51. The zero-order valence-corrected chi connectivity index (χ0v) is 7.90. The van der Waals surface area contributed by atoms with Crippen molar-refractivity contribution in [1.82, 2.24) is 0 Å². The second kappa shape index (κ2) is 5.15. The summed E-state index contributed by atoms with van der Waals surface area (Å²) in [6.07, 6.45) is 9.71. The number of allylic oxidation sites excluding steroid dienone is 4. The highest BCUT2D eigenvalue weighted by Gasteiger charge is 1.83. The summed E-state index contributed by atoms with van der Waals surface area (Å²) in [5.41, 5.74) is 2.51. The molecule has 0 N–H and O–H groups in total. The fraction of sp³-hybridized carbons (Fsp3) is 0.0769. The summed E-state index contributed by atoms with van der Waals surface area (Å²) < 4.78 is 0. The van der Waals surface area contributed by atoms with Crippen LogP contribution in [0.4, 0.5) is 0 Å². The molecule has 0 nitrogen and oxygen atoms in total. The SMILES string of the molecule is C=CC=CC=Cc1ccc(C)cc1. The Labute approximate surface area is 79.9 Å². The lowest BCUT2D eigenvalue weighted by molar-refractivity contribution is 1.46. The molecule has 1 aromatic rings. The molecule has 13 heavy (non-hydrogen) atoms. The second-order valence-corrected chi connectivity index (χ2v) is 2.89. The Kier molecular flexibility index (Phi) is 3.77. The van der Waals surface area contributed by atoms with Crippen molar-refractivity contribution in [3.8, 4) is 0 Å². The molecule has 0 aliphatic rings. The van der Waals surface area contributed by atoms with E-state index in [1.807, 2.05) is 18.2 Å². The van der Waals surface area contributed by atoms with Gasteiger partial charge in [-0.05, 0) is 12.5 Å². The van der Waals surface area contributed by atoms with Crippen molar-refractivity contribution in [3.05, 3.63) is 66.3 Å². The molecule has 66 valence electrons. The van der Waals surface area contributed by atoms with Crippen molar-refractivity contribution in [2.45, 2.75) is 6.92 Å². The van der Waals surface area contributed by atoms with Gasteiger partial charge < -0.3 is 0 Å². The van der Waals surface area contributed by atoms with Crippen LogP contribution in [0.15, 0.2) is 55.1 Å². The number of benzene rings is 1. The Morgan fingerprint density at radius 2 is 1.69 bits per heavy atom. The molecule has 0 amide bonds. The summed E-state index contributed by atoms with van der Waals surface area (Å²) in [5, 5.41) is 0. The van der Waals surface area contributed by atoms with Crippen molar-refractivity contribution >= 4 is 6.08 Å². The Bertz CT molecular complexity index is 312. The third-order valence-corrected chi connectivity index (χ3v) is 1.72. The van der Waals surface area contributed by atoms with Crippen LogP contribution in [0, 0.1) is 6.92 Å². The topological polar surface area (TPSA) is 0 Å². The summed E-state index contributed by atoms with van der Waals surface area (Å²) in [6.45, 7) is 5.68. The van der Waals surface area contributed by atoms with Crippen LogP contribution in [0.1, 0.15) is 11.1 Å². The number of aryl methyl sites for hydroxylation is 1. The first-order valence-corrected chi connectivity index (χ1v) is 4.35. The third-order valence-electron chi connectivity index (χ3n) is 1.72. The van der Waals surface area contributed by atoms with Crippen LogP contribution in [0.2, 0.25) is 0 Å². The van der Waals surface area contributed by atoms with Gasteiger partial charge in [-0.2, -0.15) is 0 Å². The van der Waals surface area contributed by atoms with E-state index in [4.69, 9.17) is 0 Å². The Morgan fingerprint density at radius 3 is 2.31 bits per heavy atom. The molecule has 1 rings (SSSR count). The van der Waals surface area contributed by atoms with E-state index in [1.54, 1.807) is 6.08 Å². The van der Waals surface area contributed by atoms with Crippen molar-refractivity contribution in [1.29, 1.82) is 0 Å². The Balaban J connectivity index is 2.64. The molecule has 0 radical (unpaired) electrons. The van der Waals surface area contributed by atoms with Crippen LogP contribution < -0.4 is 0 Å². The van der Waals surface area contributed by atoms with E-state index in [9.17, 15) is 0 Å². The number of hydrogen-bond donors (Lipinski definition) is 0. The zero-order chi connectivity index (χ0) is 9.52. The third kappa shape index (κ3) is 3.57. The van der Waals surface area contributed by atoms with Crippen LogP contribution >= 0.6 is 0 Å². The Hall–Kier alpha value is -1.56. The smallest absolute Gasteiger partial charge is 0.0256 e. The lowest BCUT2D eigenvalue weighted by Gasteiger charge is -1.92. The van der Waals surface area contributed by atoms with Gasteiger partial charge in [0, 0.05) is 0 Å². The van der Waals surface area contributed by atoms with Gasteiger partial charge in [-0.1, -0.05) is 66.8 Å². The first-order chi connectivity index (χ1) is 6.33. The fourth-order valence-corrected chi connectivity index (χ4v) is 0.987. The molecule has 0 saturated carbocycles. The minimum atomic E-state index is 1.22. The van der Waals surface area contributed by atoms with Gasteiger partial charge >= 0.3 is 0 Å². The molecule has 0 spiro atoms. The monoisotopic (exact) mass is 170 g/mol. The van der Waals surface area contributed by atoms with E-state index in [-0.39, 0.29) is 0 Å². The largest absolute Gasteiger partial charge is 0.0991 e. The van der Waals surface area contributed by atoms with Crippen LogP contribution in [0.5, 0.6) is 0 Å². The molecule has 0 atom stereocenters. The first-order valence-electron chi connectivity index (χ1n) is 4.35. The molecule has 1 aromatic carbocycles. The van der Waals surface area contributed by atoms with Gasteiger partial charge in [-0.3, -0.25) is 0 Å². The van der Waals surface area contributed by atoms with Crippen LogP contribution in [-0.2, 0) is 0 Å². The van der Waals surface area contributed by atoms with Crippen LogP contribution in [-0.4, -0.2) is 0 Å². The van der Waals surface area contributed by atoms with E-state index < -0.39 is 0 Å². The van der Waals surface area contributed by atoms with E-state index in [0.29, 0.717) is 0 Å². The quantitative estimate of drug-likeness (QED) is 0.606. The lowest BCUT2D eigenvalue weighted by Crippen LogP contribution is -1.72. The predicted octanol–water partition coefficient (Wildman–Crippen LogP) is 3.75. The van der Waals surface area contributed by atoms with E-state index in [0.717, 1.165) is 0 Å². The summed E-state index contributed by atoms with van der Waals surface area (Å²) in [7, 11) is 0. The summed E-state index contributed by atoms with van der Waals surface area (Å²) in [4.78, 5) is 0. The van der Waals surface area contributed by atoms with Crippen molar-refractivity contribution < 1.29 is 0 Å². The minimum absolute atomic E-state index is 1.22. The average Bonchev–Trinajstić information content (AvgIpc) is 2.15. The summed E-state index contributed by atoms with van der Waals surface area (Å²) in [6, 6.07) is 8.43. The maximum absolute atomic E-state index is 3.60. The standard InChI is InChI=1S/C13H14/c1-3-4-5-6-7-13-10-8-12(2)9-11-13/h3-11H,1H2,2H3. The Morgan fingerprint density at radius 1 is 1.00 bits per heavy atom. The van der Waals surface area contributed by atoms with E-state index >= 15 is 0 Å². The van der Waals surface area contributed by atoms with Gasteiger partial charge in [-0.15, -0.1) is 0 Å². The van der Waals surface area contributed by atoms with Crippen molar-refractivity contribution in [2.75, 3.05) is 0 Å². The molecule has 0 unspecified atom stereocenters. The van der Waals surface area contributed by atoms with Gasteiger partial charge in [0.1, 0.15) is 0 Å². The zero-order valence-electron chi connectivity index (χ0n) is 7.90. The normalized spacial score (nSPS) is 11.2. The first kappa shape index (κ1) is 9.53. The fourth-order valence-electron chi connectivity index (χ4n) is 0.987. The summed E-state index contributed by atoms with van der Waals surface area (Å²) >= 11 is 0. The van der Waals surface area contributed by atoms with Gasteiger partial charge in [0.2, 0.25) is 0 Å². The van der Waals surface area contributed by atoms with Crippen molar-refractivity contribution in [3.63, 3.8) is 0 Å². The second-order valence-electron chi connectivity index (χ2n) is 2.89. The molecule has 0 heteroatoms. The number of rotatable bonds is 3. The molecule has 0 heterocycles.